The Morgan fingerprint density at radius 3 is 1.64 bits per heavy atom. The van der Waals surface area contributed by atoms with Gasteiger partial charge in [0.25, 0.3) is 0 Å². The molecule has 3 heterocycles. The van der Waals surface area contributed by atoms with Gasteiger partial charge in [-0.15, -0.1) is 0 Å². The zero-order valence-electron chi connectivity index (χ0n) is 40.5. The van der Waals surface area contributed by atoms with Gasteiger partial charge in [0.05, 0.1) is 17.7 Å². The minimum atomic E-state index is -3.09. The van der Waals surface area contributed by atoms with Crippen LogP contribution in [0.4, 0.5) is 11.4 Å². The Morgan fingerprint density at radius 1 is 0.403 bits per heavy atom. The van der Waals surface area contributed by atoms with Crippen LogP contribution in [0.5, 0.6) is 0 Å². The Kier molecular flexibility index (Phi) is 11.0. The van der Waals surface area contributed by atoms with Gasteiger partial charge in [-0.25, -0.2) is 4.98 Å². The smallest absolute Gasteiger partial charge is 0.179 e. The SMILES string of the molecule is CC(C)(C)c1cccc(N2C=CN(c3cc(C(C)(C)C)cc([Si](c4ccccc4)(c4ccccc4)c4ccc5c6cc(-c7ccccc7)ccc6n(-c6cc(C(C)(C)C)ccn6)c5c4)c3)C2)c1. The molecule has 0 unspecified atom stereocenters. The van der Waals surface area contributed by atoms with Crippen LogP contribution in [0.3, 0.4) is 0 Å². The molecule has 9 aromatic rings. The Morgan fingerprint density at radius 2 is 1.00 bits per heavy atom. The number of hydrogen-bond donors (Lipinski definition) is 0. The number of anilines is 2. The predicted molar refractivity (Wildman–Crippen MR) is 289 cm³/mol. The summed E-state index contributed by atoms with van der Waals surface area (Å²) in [4.78, 5) is 9.94. The molecule has 0 saturated carbocycles. The Hall–Kier alpha value is -6.95. The van der Waals surface area contributed by atoms with Crippen molar-refractivity contribution < 1.29 is 0 Å². The summed E-state index contributed by atoms with van der Waals surface area (Å²) in [5, 5.41) is 7.80. The van der Waals surface area contributed by atoms with E-state index >= 15 is 0 Å². The van der Waals surface area contributed by atoms with Crippen molar-refractivity contribution in [1.29, 1.82) is 0 Å². The molecule has 0 radical (unpaired) electrons. The van der Waals surface area contributed by atoms with Crippen molar-refractivity contribution in [2.45, 2.75) is 78.6 Å². The van der Waals surface area contributed by atoms with Gasteiger partial charge in [0.1, 0.15) is 5.82 Å². The molecule has 2 aromatic heterocycles. The third-order valence-corrected chi connectivity index (χ3v) is 18.6. The van der Waals surface area contributed by atoms with Crippen LogP contribution in [0.1, 0.15) is 79.0 Å². The van der Waals surface area contributed by atoms with Crippen LogP contribution in [0, 0.1) is 0 Å². The molecule has 0 aliphatic carbocycles. The van der Waals surface area contributed by atoms with E-state index in [0.717, 1.165) is 23.5 Å². The van der Waals surface area contributed by atoms with Gasteiger partial charge in [-0.2, -0.15) is 0 Å². The standard InChI is InChI=1S/C62H62N4Si/c1-60(2,3)46-22-19-23-49(37-46)64-34-35-65(43-64)50-38-48(62(7,8)9)39-54(41-50)67(51-24-15-11-16-25-51,52-26-17-12-18-27-52)53-29-30-55-56-36-45(44-20-13-10-14-21-44)28-31-57(56)66(58(55)42-53)59-40-47(32-33-63-59)61(4,5)6/h10-42H,43H2,1-9H3. The normalized spacial score (nSPS) is 13.6. The summed E-state index contributed by atoms with van der Waals surface area (Å²) < 4.78 is 2.42. The van der Waals surface area contributed by atoms with Crippen LogP contribution in [0.2, 0.25) is 0 Å². The first-order valence-corrected chi connectivity index (χ1v) is 25.8. The van der Waals surface area contributed by atoms with E-state index in [1.807, 2.05) is 6.20 Å². The summed E-state index contributed by atoms with van der Waals surface area (Å²) in [7, 11) is -3.09. The Balaban J connectivity index is 1.24. The first-order valence-electron chi connectivity index (χ1n) is 23.8. The molecular formula is C62H62N4Si. The van der Waals surface area contributed by atoms with Crippen LogP contribution in [0.25, 0.3) is 38.8 Å². The van der Waals surface area contributed by atoms with E-state index < -0.39 is 8.07 Å². The van der Waals surface area contributed by atoms with Crippen LogP contribution in [-0.2, 0) is 16.2 Å². The predicted octanol–water partition coefficient (Wildman–Crippen LogP) is 12.9. The van der Waals surface area contributed by atoms with Crippen molar-refractivity contribution in [1.82, 2.24) is 9.55 Å². The third-order valence-electron chi connectivity index (χ3n) is 13.9. The van der Waals surface area contributed by atoms with Crippen molar-refractivity contribution in [2.24, 2.45) is 0 Å². The average molecular weight is 891 g/mol. The van der Waals surface area contributed by atoms with Crippen LogP contribution >= 0.6 is 0 Å². The van der Waals surface area contributed by atoms with E-state index in [1.165, 1.54) is 70.7 Å². The third kappa shape index (κ3) is 8.10. The molecule has 1 aliphatic heterocycles. The van der Waals surface area contributed by atoms with Crippen molar-refractivity contribution in [3.05, 3.63) is 217 Å². The number of benzene rings is 7. The summed E-state index contributed by atoms with van der Waals surface area (Å²) >= 11 is 0. The molecule has 0 N–H and O–H groups in total. The first-order chi connectivity index (χ1) is 32.1. The average Bonchev–Trinajstić information content (AvgIpc) is 3.96. The second-order valence-electron chi connectivity index (χ2n) is 21.5. The topological polar surface area (TPSA) is 24.3 Å². The number of rotatable bonds is 8. The molecule has 10 rings (SSSR count). The highest BCUT2D eigenvalue weighted by atomic mass is 28.3. The van der Waals surface area contributed by atoms with Gasteiger partial charge in [0.15, 0.2) is 8.07 Å². The van der Waals surface area contributed by atoms with Crippen molar-refractivity contribution >= 4 is 62.0 Å². The second kappa shape index (κ2) is 16.7. The van der Waals surface area contributed by atoms with Gasteiger partial charge in [0, 0.05) is 40.7 Å². The summed E-state index contributed by atoms with van der Waals surface area (Å²) in [6.45, 7) is 21.5. The fraction of sp³-hybridized carbons (Fsp3) is 0.210. The molecule has 0 bridgehead atoms. The zero-order valence-corrected chi connectivity index (χ0v) is 41.5. The molecule has 67 heavy (non-hydrogen) atoms. The van der Waals surface area contributed by atoms with Gasteiger partial charge in [-0.3, -0.25) is 4.57 Å². The monoisotopic (exact) mass is 890 g/mol. The summed E-state index contributed by atoms with van der Waals surface area (Å²) in [5.74, 6) is 0.930. The van der Waals surface area contributed by atoms with Gasteiger partial charge in [-0.1, -0.05) is 190 Å². The lowest BCUT2D eigenvalue weighted by Gasteiger charge is -2.36. The molecule has 0 fully saturated rings. The molecule has 5 heteroatoms. The van der Waals surface area contributed by atoms with Gasteiger partial charge in [0.2, 0.25) is 0 Å². The van der Waals surface area contributed by atoms with E-state index in [4.69, 9.17) is 4.98 Å². The maximum Gasteiger partial charge on any atom is 0.179 e. The lowest BCUT2D eigenvalue weighted by atomic mass is 9.87. The first kappa shape index (κ1) is 43.9. The van der Waals surface area contributed by atoms with E-state index in [1.54, 1.807) is 0 Å². The van der Waals surface area contributed by atoms with Crippen LogP contribution < -0.4 is 30.5 Å². The number of nitrogens with zero attached hydrogens (tertiary/aromatic N) is 4. The zero-order chi connectivity index (χ0) is 46.7. The van der Waals surface area contributed by atoms with Gasteiger partial charge < -0.3 is 9.80 Å². The van der Waals surface area contributed by atoms with Crippen molar-refractivity contribution in [2.75, 3.05) is 16.5 Å². The minimum Gasteiger partial charge on any atom is -0.328 e. The molecular weight excluding hydrogens is 829 g/mol. The second-order valence-corrected chi connectivity index (χ2v) is 25.3. The quantitative estimate of drug-likeness (QED) is 0.112. The summed E-state index contributed by atoms with van der Waals surface area (Å²) in [5.41, 5.74) is 10.9. The van der Waals surface area contributed by atoms with E-state index in [9.17, 15) is 0 Å². The number of hydrogen-bond acceptors (Lipinski definition) is 3. The fourth-order valence-corrected chi connectivity index (χ4v) is 14.8. The van der Waals surface area contributed by atoms with E-state index in [2.05, 4.69) is 271 Å². The minimum absolute atomic E-state index is 0.0431. The molecule has 0 saturated heterocycles. The Labute approximate surface area is 398 Å². The molecule has 4 nitrogen and oxygen atoms in total. The molecule has 334 valence electrons. The highest BCUT2D eigenvalue weighted by Crippen LogP contribution is 2.37. The summed E-state index contributed by atoms with van der Waals surface area (Å²) in [6, 6.07) is 68.7. The van der Waals surface area contributed by atoms with Crippen LogP contribution in [0.15, 0.2) is 201 Å². The lowest BCUT2D eigenvalue weighted by Crippen LogP contribution is -2.74. The lowest BCUT2D eigenvalue weighted by molar-refractivity contribution is 0.588. The number of pyridine rings is 1. The fourth-order valence-electron chi connectivity index (χ4n) is 10.0. The van der Waals surface area contributed by atoms with E-state index in [-0.39, 0.29) is 16.2 Å². The highest BCUT2D eigenvalue weighted by molar-refractivity contribution is 7.20. The largest absolute Gasteiger partial charge is 0.328 e. The highest BCUT2D eigenvalue weighted by Gasteiger charge is 2.43. The van der Waals surface area contributed by atoms with Gasteiger partial charge in [-0.05, 0) is 119 Å². The molecule has 0 atom stereocenters. The number of aromatic nitrogens is 2. The maximum absolute atomic E-state index is 5.14. The summed E-state index contributed by atoms with van der Waals surface area (Å²) in [6.07, 6.45) is 6.48. The number of fused-ring (bicyclic) bond motifs is 3. The Bertz CT molecular complexity index is 3230. The maximum atomic E-state index is 5.14. The molecule has 0 spiro atoms. The van der Waals surface area contributed by atoms with Gasteiger partial charge >= 0.3 is 0 Å². The molecule has 0 amide bonds. The van der Waals surface area contributed by atoms with Crippen molar-refractivity contribution in [3.8, 4) is 16.9 Å². The molecule has 1 aliphatic rings. The van der Waals surface area contributed by atoms with Crippen molar-refractivity contribution in [3.63, 3.8) is 0 Å². The van der Waals surface area contributed by atoms with E-state index in [0.29, 0.717) is 0 Å². The van der Waals surface area contributed by atoms with Crippen LogP contribution in [-0.4, -0.2) is 24.3 Å². The molecule has 7 aromatic carbocycles.